The molecule has 0 unspecified atom stereocenters. The third-order valence-corrected chi connectivity index (χ3v) is 3.62. The molecule has 2 rings (SSSR count). The van der Waals surface area contributed by atoms with Gasteiger partial charge in [-0.05, 0) is 44.2 Å². The van der Waals surface area contributed by atoms with E-state index >= 15 is 0 Å². The molecule has 3 heteroatoms. The van der Waals surface area contributed by atoms with Crippen molar-refractivity contribution in [1.82, 2.24) is 5.32 Å². The highest BCUT2D eigenvalue weighted by molar-refractivity contribution is 5.47. The van der Waals surface area contributed by atoms with E-state index in [4.69, 9.17) is 4.42 Å². The molecule has 0 radical (unpaired) electrons. The molecule has 0 bridgehead atoms. The lowest BCUT2D eigenvalue weighted by Crippen LogP contribution is -2.16. The fourth-order valence-electron chi connectivity index (χ4n) is 2.34. The average molecular weight is 272 g/mol. The number of rotatable bonds is 6. The van der Waals surface area contributed by atoms with Crippen molar-refractivity contribution in [3.63, 3.8) is 0 Å². The number of hydrogen-bond acceptors (Lipinski definition) is 3. The number of aryl methyl sites for hydroxylation is 2. The van der Waals surface area contributed by atoms with Crippen LogP contribution in [0.1, 0.15) is 29.6 Å². The quantitative estimate of drug-likeness (QED) is 0.872. The zero-order valence-corrected chi connectivity index (χ0v) is 12.9. The van der Waals surface area contributed by atoms with Crippen LogP contribution in [0.15, 0.2) is 34.7 Å². The van der Waals surface area contributed by atoms with E-state index in [-0.39, 0.29) is 0 Å². The zero-order valence-electron chi connectivity index (χ0n) is 12.9. The maximum atomic E-state index is 5.74. The highest BCUT2D eigenvalue weighted by Crippen LogP contribution is 2.20. The molecule has 1 heterocycles. The molecule has 0 aliphatic heterocycles. The van der Waals surface area contributed by atoms with Crippen molar-refractivity contribution in [2.45, 2.75) is 33.4 Å². The van der Waals surface area contributed by atoms with Crippen LogP contribution in [0.4, 0.5) is 5.69 Å². The van der Waals surface area contributed by atoms with E-state index < -0.39 is 0 Å². The summed E-state index contributed by atoms with van der Waals surface area (Å²) in [7, 11) is 4.05. The van der Waals surface area contributed by atoms with Gasteiger partial charge in [0.1, 0.15) is 11.5 Å². The number of benzene rings is 1. The third kappa shape index (κ3) is 3.42. The Hall–Kier alpha value is -1.74. The summed E-state index contributed by atoms with van der Waals surface area (Å²) >= 11 is 0. The SMILES string of the molecule is CCc1ccc(N(C)Cc2cc(CNC)oc2C)cc1. The number of hydrogen-bond donors (Lipinski definition) is 1. The minimum Gasteiger partial charge on any atom is -0.465 e. The zero-order chi connectivity index (χ0) is 14.5. The van der Waals surface area contributed by atoms with Gasteiger partial charge in [0.2, 0.25) is 0 Å². The van der Waals surface area contributed by atoms with Gasteiger partial charge in [0.05, 0.1) is 6.54 Å². The Morgan fingerprint density at radius 1 is 1.20 bits per heavy atom. The van der Waals surface area contributed by atoms with Crippen molar-refractivity contribution in [1.29, 1.82) is 0 Å². The molecule has 0 fully saturated rings. The second-order valence-corrected chi connectivity index (χ2v) is 5.20. The summed E-state index contributed by atoms with van der Waals surface area (Å²) in [5, 5.41) is 3.11. The van der Waals surface area contributed by atoms with Gasteiger partial charge in [0.25, 0.3) is 0 Å². The van der Waals surface area contributed by atoms with Gasteiger partial charge in [-0.2, -0.15) is 0 Å². The van der Waals surface area contributed by atoms with Gasteiger partial charge < -0.3 is 14.6 Å². The third-order valence-electron chi connectivity index (χ3n) is 3.62. The van der Waals surface area contributed by atoms with Gasteiger partial charge in [-0.1, -0.05) is 19.1 Å². The molecule has 3 nitrogen and oxygen atoms in total. The molecule has 1 aromatic heterocycles. The van der Waals surface area contributed by atoms with Crippen LogP contribution >= 0.6 is 0 Å². The number of nitrogens with one attached hydrogen (secondary N) is 1. The van der Waals surface area contributed by atoms with E-state index in [1.807, 2.05) is 14.0 Å². The monoisotopic (exact) mass is 272 g/mol. The lowest BCUT2D eigenvalue weighted by Gasteiger charge is -2.19. The second-order valence-electron chi connectivity index (χ2n) is 5.20. The Morgan fingerprint density at radius 3 is 2.50 bits per heavy atom. The smallest absolute Gasteiger partial charge is 0.118 e. The van der Waals surface area contributed by atoms with Gasteiger partial charge in [-0.15, -0.1) is 0 Å². The molecule has 0 aliphatic carbocycles. The second kappa shape index (κ2) is 6.62. The first-order valence-corrected chi connectivity index (χ1v) is 7.17. The standard InChI is InChI=1S/C17H24N2O/c1-5-14-6-8-16(9-7-14)19(4)12-15-10-17(11-18-3)20-13(15)2/h6-10,18H,5,11-12H2,1-4H3. The van der Waals surface area contributed by atoms with E-state index in [0.717, 1.165) is 31.0 Å². The molecule has 0 aliphatic rings. The topological polar surface area (TPSA) is 28.4 Å². The fraction of sp³-hybridized carbons (Fsp3) is 0.412. The van der Waals surface area contributed by atoms with Crippen molar-refractivity contribution in [3.05, 3.63) is 53.0 Å². The molecule has 1 aromatic carbocycles. The Balaban J connectivity index is 2.08. The first-order valence-electron chi connectivity index (χ1n) is 7.17. The molecule has 1 N–H and O–H groups in total. The van der Waals surface area contributed by atoms with Gasteiger partial charge in [-0.3, -0.25) is 0 Å². The summed E-state index contributed by atoms with van der Waals surface area (Å²) in [4.78, 5) is 2.25. The Kier molecular flexibility index (Phi) is 4.85. The summed E-state index contributed by atoms with van der Waals surface area (Å²) < 4.78 is 5.74. The van der Waals surface area contributed by atoms with Crippen LogP contribution in [0.25, 0.3) is 0 Å². The molecular weight excluding hydrogens is 248 g/mol. The van der Waals surface area contributed by atoms with Crippen molar-refractivity contribution in [3.8, 4) is 0 Å². The Labute approximate surface area is 121 Å². The predicted molar refractivity (Wildman–Crippen MR) is 84.1 cm³/mol. The van der Waals surface area contributed by atoms with Crippen LogP contribution in [-0.2, 0) is 19.5 Å². The maximum absolute atomic E-state index is 5.74. The van der Waals surface area contributed by atoms with Crippen molar-refractivity contribution in [2.24, 2.45) is 0 Å². The average Bonchev–Trinajstić information content (AvgIpc) is 2.79. The van der Waals surface area contributed by atoms with Crippen molar-refractivity contribution in [2.75, 3.05) is 19.0 Å². The van der Waals surface area contributed by atoms with Gasteiger partial charge in [0.15, 0.2) is 0 Å². The first-order chi connectivity index (χ1) is 9.63. The predicted octanol–water partition coefficient (Wildman–Crippen LogP) is 3.51. The number of anilines is 1. The summed E-state index contributed by atoms with van der Waals surface area (Å²) in [6.45, 7) is 5.85. The lowest BCUT2D eigenvalue weighted by atomic mass is 10.1. The van der Waals surface area contributed by atoms with E-state index in [1.165, 1.54) is 16.8 Å². The van der Waals surface area contributed by atoms with Crippen LogP contribution in [0, 0.1) is 6.92 Å². The summed E-state index contributed by atoms with van der Waals surface area (Å²) in [5.41, 5.74) is 3.85. The van der Waals surface area contributed by atoms with Crippen molar-refractivity contribution < 1.29 is 4.42 Å². The minimum absolute atomic E-state index is 0.774. The molecule has 2 aromatic rings. The molecule has 0 saturated carbocycles. The van der Waals surface area contributed by atoms with Crippen LogP contribution < -0.4 is 10.2 Å². The summed E-state index contributed by atoms with van der Waals surface area (Å²) in [5.74, 6) is 2.00. The van der Waals surface area contributed by atoms with E-state index in [0.29, 0.717) is 0 Å². The number of nitrogens with zero attached hydrogens (tertiary/aromatic N) is 1. The van der Waals surface area contributed by atoms with E-state index in [1.54, 1.807) is 0 Å². The van der Waals surface area contributed by atoms with Crippen LogP contribution in [0.3, 0.4) is 0 Å². The maximum Gasteiger partial charge on any atom is 0.118 e. The van der Waals surface area contributed by atoms with Gasteiger partial charge >= 0.3 is 0 Å². The van der Waals surface area contributed by atoms with E-state index in [9.17, 15) is 0 Å². The molecule has 0 spiro atoms. The summed E-state index contributed by atoms with van der Waals surface area (Å²) in [6.07, 6.45) is 1.08. The normalized spacial score (nSPS) is 10.8. The van der Waals surface area contributed by atoms with E-state index in [2.05, 4.69) is 54.5 Å². The largest absolute Gasteiger partial charge is 0.465 e. The highest BCUT2D eigenvalue weighted by atomic mass is 16.3. The molecule has 0 saturated heterocycles. The molecule has 108 valence electrons. The van der Waals surface area contributed by atoms with Crippen LogP contribution in [0.2, 0.25) is 0 Å². The first kappa shape index (κ1) is 14.7. The fourth-order valence-corrected chi connectivity index (χ4v) is 2.34. The molecular formula is C17H24N2O. The summed E-state index contributed by atoms with van der Waals surface area (Å²) in [6, 6.07) is 10.9. The molecule has 0 atom stereocenters. The van der Waals surface area contributed by atoms with Gasteiger partial charge in [0, 0.05) is 24.8 Å². The Bertz CT molecular complexity index is 543. The van der Waals surface area contributed by atoms with Crippen LogP contribution in [0.5, 0.6) is 0 Å². The lowest BCUT2D eigenvalue weighted by molar-refractivity contribution is 0.469. The minimum atomic E-state index is 0.774. The molecule has 0 amide bonds. The molecule has 20 heavy (non-hydrogen) atoms. The highest BCUT2D eigenvalue weighted by Gasteiger charge is 2.10. The van der Waals surface area contributed by atoms with Crippen LogP contribution in [-0.4, -0.2) is 14.1 Å². The van der Waals surface area contributed by atoms with Crippen molar-refractivity contribution >= 4 is 5.69 Å². The van der Waals surface area contributed by atoms with Gasteiger partial charge in [-0.25, -0.2) is 0 Å². The Morgan fingerprint density at radius 2 is 1.90 bits per heavy atom. The number of furan rings is 1.